The molecule has 0 atom stereocenters. The second kappa shape index (κ2) is 2.71. The third-order valence-electron chi connectivity index (χ3n) is 1.97. The van der Waals surface area contributed by atoms with Gasteiger partial charge in [-0.05, 0) is 7.05 Å². The van der Waals surface area contributed by atoms with Crippen LogP contribution in [0, 0.1) is 0 Å². The van der Waals surface area contributed by atoms with Gasteiger partial charge in [-0.15, -0.1) is 0 Å². The van der Waals surface area contributed by atoms with Crippen LogP contribution in [0.15, 0.2) is 6.20 Å². The number of aromatic nitrogens is 2. The maximum atomic E-state index is 4.93. The standard InChI is InChI=1S/C8H11N3O/c1-11-4-6-3-9-8(12-2)10-7(6)5-11/h3H,4-5H2,1-2H3. The normalized spacial score (nSPS) is 16.2. The third-order valence-corrected chi connectivity index (χ3v) is 1.97. The van der Waals surface area contributed by atoms with Gasteiger partial charge in [-0.3, -0.25) is 4.90 Å². The highest BCUT2D eigenvalue weighted by Gasteiger charge is 2.17. The van der Waals surface area contributed by atoms with Crippen molar-refractivity contribution in [3.63, 3.8) is 0 Å². The number of nitrogens with zero attached hydrogens (tertiary/aromatic N) is 3. The Balaban J connectivity index is 2.35. The Bertz CT molecular complexity index is 300. The summed E-state index contributed by atoms with van der Waals surface area (Å²) < 4.78 is 4.93. The topological polar surface area (TPSA) is 38.3 Å². The molecule has 0 bridgehead atoms. The van der Waals surface area contributed by atoms with E-state index in [-0.39, 0.29) is 0 Å². The summed E-state index contributed by atoms with van der Waals surface area (Å²) in [5.41, 5.74) is 2.29. The van der Waals surface area contributed by atoms with Gasteiger partial charge in [-0.1, -0.05) is 0 Å². The molecule has 0 fully saturated rings. The molecule has 1 aliphatic rings. The van der Waals surface area contributed by atoms with E-state index in [1.54, 1.807) is 7.11 Å². The first-order valence-electron chi connectivity index (χ1n) is 3.87. The Hall–Kier alpha value is -1.16. The summed E-state index contributed by atoms with van der Waals surface area (Å²) in [6.07, 6.45) is 1.84. The summed E-state index contributed by atoms with van der Waals surface area (Å²) in [4.78, 5) is 10.5. The molecule has 12 heavy (non-hydrogen) atoms. The lowest BCUT2D eigenvalue weighted by Gasteiger charge is -2.01. The van der Waals surface area contributed by atoms with Gasteiger partial charge < -0.3 is 4.74 Å². The number of hydrogen-bond acceptors (Lipinski definition) is 4. The fourth-order valence-electron chi connectivity index (χ4n) is 1.39. The Morgan fingerprint density at radius 3 is 3.08 bits per heavy atom. The Morgan fingerprint density at radius 1 is 1.50 bits per heavy atom. The molecule has 0 spiro atoms. The molecule has 4 nitrogen and oxygen atoms in total. The van der Waals surface area contributed by atoms with Crippen LogP contribution in [0.25, 0.3) is 0 Å². The zero-order chi connectivity index (χ0) is 8.55. The van der Waals surface area contributed by atoms with Crippen molar-refractivity contribution < 1.29 is 4.74 Å². The molecule has 0 saturated carbocycles. The van der Waals surface area contributed by atoms with Crippen molar-refractivity contribution in [2.24, 2.45) is 0 Å². The summed E-state index contributed by atoms with van der Waals surface area (Å²) in [5, 5.41) is 0. The van der Waals surface area contributed by atoms with Crippen molar-refractivity contribution in [2.45, 2.75) is 13.1 Å². The minimum atomic E-state index is 0.462. The van der Waals surface area contributed by atoms with E-state index >= 15 is 0 Å². The van der Waals surface area contributed by atoms with Crippen molar-refractivity contribution in [3.05, 3.63) is 17.5 Å². The van der Waals surface area contributed by atoms with Crippen LogP contribution in [-0.2, 0) is 13.1 Å². The van der Waals surface area contributed by atoms with E-state index < -0.39 is 0 Å². The summed E-state index contributed by atoms with van der Waals surface area (Å²) in [6, 6.07) is 0.462. The van der Waals surface area contributed by atoms with Crippen molar-refractivity contribution in [1.29, 1.82) is 0 Å². The van der Waals surface area contributed by atoms with Crippen LogP contribution < -0.4 is 4.74 Å². The Morgan fingerprint density at radius 2 is 2.33 bits per heavy atom. The minimum absolute atomic E-state index is 0.462. The number of rotatable bonds is 1. The molecule has 0 aliphatic carbocycles. The molecule has 0 saturated heterocycles. The maximum Gasteiger partial charge on any atom is 0.316 e. The van der Waals surface area contributed by atoms with E-state index in [0.29, 0.717) is 6.01 Å². The van der Waals surface area contributed by atoms with Crippen LogP contribution in [0.2, 0.25) is 0 Å². The smallest absolute Gasteiger partial charge is 0.316 e. The molecule has 0 unspecified atom stereocenters. The molecule has 2 heterocycles. The lowest BCUT2D eigenvalue weighted by atomic mass is 10.3. The van der Waals surface area contributed by atoms with Gasteiger partial charge in [0, 0.05) is 24.8 Å². The third kappa shape index (κ3) is 1.14. The second-order valence-corrected chi connectivity index (χ2v) is 3.00. The number of methoxy groups -OCH3 is 1. The van der Waals surface area contributed by atoms with Crippen LogP contribution in [0.3, 0.4) is 0 Å². The predicted octanol–water partition coefficient (Wildman–Crippen LogP) is 0.431. The molecule has 64 valence electrons. The van der Waals surface area contributed by atoms with E-state index in [2.05, 4.69) is 21.9 Å². The van der Waals surface area contributed by atoms with Crippen molar-refractivity contribution in [3.8, 4) is 6.01 Å². The van der Waals surface area contributed by atoms with E-state index in [1.165, 1.54) is 5.56 Å². The van der Waals surface area contributed by atoms with Gasteiger partial charge in [-0.25, -0.2) is 4.98 Å². The highest BCUT2D eigenvalue weighted by molar-refractivity contribution is 5.22. The Labute approximate surface area is 71.2 Å². The van der Waals surface area contributed by atoms with E-state index in [1.807, 2.05) is 6.20 Å². The average Bonchev–Trinajstić information content (AvgIpc) is 2.43. The van der Waals surface area contributed by atoms with E-state index in [0.717, 1.165) is 18.8 Å². The number of ether oxygens (including phenoxy) is 1. The summed E-state index contributed by atoms with van der Waals surface area (Å²) in [6.45, 7) is 1.84. The molecule has 4 heteroatoms. The van der Waals surface area contributed by atoms with Crippen LogP contribution >= 0.6 is 0 Å². The van der Waals surface area contributed by atoms with Crippen LogP contribution in [-0.4, -0.2) is 29.0 Å². The van der Waals surface area contributed by atoms with Crippen molar-refractivity contribution >= 4 is 0 Å². The van der Waals surface area contributed by atoms with Gasteiger partial charge >= 0.3 is 6.01 Å². The maximum absolute atomic E-state index is 4.93. The van der Waals surface area contributed by atoms with Crippen molar-refractivity contribution in [1.82, 2.24) is 14.9 Å². The first kappa shape index (κ1) is 7.49. The zero-order valence-corrected chi connectivity index (χ0v) is 7.24. The fourth-order valence-corrected chi connectivity index (χ4v) is 1.39. The molecular formula is C8H11N3O. The predicted molar refractivity (Wildman–Crippen MR) is 43.8 cm³/mol. The SMILES string of the molecule is COc1ncc2c(n1)CN(C)C2. The number of fused-ring (bicyclic) bond motifs is 1. The molecule has 1 aliphatic heterocycles. The molecule has 2 rings (SSSR count). The Kier molecular flexibility index (Phi) is 1.69. The first-order valence-corrected chi connectivity index (χ1v) is 3.87. The largest absolute Gasteiger partial charge is 0.467 e. The first-order chi connectivity index (χ1) is 5.79. The van der Waals surface area contributed by atoms with Gasteiger partial charge in [0.1, 0.15) is 0 Å². The van der Waals surface area contributed by atoms with Crippen molar-refractivity contribution in [2.75, 3.05) is 14.2 Å². The second-order valence-electron chi connectivity index (χ2n) is 3.00. The van der Waals surface area contributed by atoms with E-state index in [4.69, 9.17) is 4.74 Å². The van der Waals surface area contributed by atoms with Gasteiger partial charge in [0.25, 0.3) is 0 Å². The van der Waals surface area contributed by atoms with Gasteiger partial charge in [0.2, 0.25) is 0 Å². The van der Waals surface area contributed by atoms with Crippen LogP contribution in [0.1, 0.15) is 11.3 Å². The highest BCUT2D eigenvalue weighted by Crippen LogP contribution is 2.19. The van der Waals surface area contributed by atoms with Crippen LogP contribution in [0.4, 0.5) is 0 Å². The summed E-state index contributed by atoms with van der Waals surface area (Å²) in [7, 11) is 3.65. The van der Waals surface area contributed by atoms with Crippen LogP contribution in [0.5, 0.6) is 6.01 Å². The molecule has 1 aromatic heterocycles. The molecule has 0 N–H and O–H groups in total. The minimum Gasteiger partial charge on any atom is -0.467 e. The average molecular weight is 165 g/mol. The lowest BCUT2D eigenvalue weighted by molar-refractivity contribution is 0.348. The quantitative estimate of drug-likeness (QED) is 0.605. The molecular weight excluding hydrogens is 154 g/mol. The summed E-state index contributed by atoms with van der Waals surface area (Å²) in [5.74, 6) is 0. The fraction of sp³-hybridized carbons (Fsp3) is 0.500. The molecule has 0 amide bonds. The van der Waals surface area contributed by atoms with Gasteiger partial charge in [0.15, 0.2) is 0 Å². The van der Waals surface area contributed by atoms with E-state index in [9.17, 15) is 0 Å². The van der Waals surface area contributed by atoms with Gasteiger partial charge in [0.05, 0.1) is 12.8 Å². The van der Waals surface area contributed by atoms with Gasteiger partial charge in [-0.2, -0.15) is 4.98 Å². The monoisotopic (exact) mass is 165 g/mol. The lowest BCUT2D eigenvalue weighted by Crippen LogP contribution is -2.07. The molecule has 1 aromatic rings. The number of hydrogen-bond donors (Lipinski definition) is 0. The zero-order valence-electron chi connectivity index (χ0n) is 7.24. The molecule has 0 aromatic carbocycles. The molecule has 0 radical (unpaired) electrons. The summed E-state index contributed by atoms with van der Waals surface area (Å²) >= 11 is 0. The highest BCUT2D eigenvalue weighted by atomic mass is 16.5.